The van der Waals surface area contributed by atoms with Gasteiger partial charge in [-0.1, -0.05) is 11.6 Å². The molecule has 0 aliphatic carbocycles. The molecular formula is C18H11ClFN5O. The summed E-state index contributed by atoms with van der Waals surface area (Å²) in [6.07, 6.45) is 4.49. The summed E-state index contributed by atoms with van der Waals surface area (Å²) in [5.74, 6) is -0.233. The van der Waals surface area contributed by atoms with Crippen molar-refractivity contribution in [3.8, 4) is 23.1 Å². The minimum atomic E-state index is -0.586. The van der Waals surface area contributed by atoms with Crippen molar-refractivity contribution in [1.29, 1.82) is 5.26 Å². The lowest BCUT2D eigenvalue weighted by Crippen LogP contribution is -2.00. The van der Waals surface area contributed by atoms with Crippen LogP contribution in [-0.2, 0) is 0 Å². The molecule has 3 aromatic rings. The van der Waals surface area contributed by atoms with Crippen LogP contribution in [0.3, 0.4) is 0 Å². The standard InChI is InChI=1S/C18H11ClFN5O/c1-10-23-8-11(9-24-10)17-18(26)13(4-5-22-17)16(7-21)25-12-2-3-15(20)14(19)6-12/h2-6,8-9,26H,1H3. The van der Waals surface area contributed by atoms with Crippen molar-refractivity contribution in [3.63, 3.8) is 0 Å². The van der Waals surface area contributed by atoms with Crippen molar-refractivity contribution in [1.82, 2.24) is 15.0 Å². The molecule has 0 unspecified atom stereocenters. The summed E-state index contributed by atoms with van der Waals surface area (Å²) in [5, 5.41) is 19.9. The minimum Gasteiger partial charge on any atom is -0.505 e. The molecule has 0 amide bonds. The molecule has 0 spiro atoms. The number of benzene rings is 1. The Morgan fingerprint density at radius 2 is 1.96 bits per heavy atom. The molecule has 8 heteroatoms. The first kappa shape index (κ1) is 17.5. The first-order chi connectivity index (χ1) is 12.5. The van der Waals surface area contributed by atoms with E-state index in [1.54, 1.807) is 6.92 Å². The van der Waals surface area contributed by atoms with Gasteiger partial charge in [-0.05, 0) is 31.2 Å². The van der Waals surface area contributed by atoms with E-state index in [0.717, 1.165) is 6.07 Å². The number of nitriles is 1. The highest BCUT2D eigenvalue weighted by molar-refractivity contribution is 6.31. The largest absolute Gasteiger partial charge is 0.505 e. The summed E-state index contributed by atoms with van der Waals surface area (Å²) >= 11 is 5.74. The van der Waals surface area contributed by atoms with E-state index in [-0.39, 0.29) is 33.4 Å². The fourth-order valence-corrected chi connectivity index (χ4v) is 2.38. The molecule has 0 saturated heterocycles. The van der Waals surface area contributed by atoms with E-state index in [1.165, 1.54) is 36.8 Å². The molecule has 0 aliphatic rings. The van der Waals surface area contributed by atoms with Crippen LogP contribution in [0.5, 0.6) is 5.75 Å². The SMILES string of the molecule is Cc1ncc(-c2nccc(C(C#N)=Nc3ccc(F)c(Cl)c3)c2O)cn1. The van der Waals surface area contributed by atoms with E-state index in [1.807, 2.05) is 6.07 Å². The van der Waals surface area contributed by atoms with E-state index in [0.29, 0.717) is 11.4 Å². The van der Waals surface area contributed by atoms with Gasteiger partial charge in [-0.15, -0.1) is 0 Å². The fraction of sp³-hybridized carbons (Fsp3) is 0.0556. The number of rotatable bonds is 3. The Morgan fingerprint density at radius 3 is 2.62 bits per heavy atom. The molecule has 0 fully saturated rings. The van der Waals surface area contributed by atoms with Gasteiger partial charge in [0.2, 0.25) is 0 Å². The first-order valence-electron chi connectivity index (χ1n) is 7.41. The molecule has 1 aromatic carbocycles. The van der Waals surface area contributed by atoms with Gasteiger partial charge in [0.25, 0.3) is 0 Å². The van der Waals surface area contributed by atoms with Crippen molar-refractivity contribution >= 4 is 23.0 Å². The van der Waals surface area contributed by atoms with Gasteiger partial charge in [0, 0.05) is 24.2 Å². The fourth-order valence-electron chi connectivity index (χ4n) is 2.20. The van der Waals surface area contributed by atoms with Crippen LogP contribution < -0.4 is 0 Å². The Labute approximate surface area is 153 Å². The lowest BCUT2D eigenvalue weighted by Gasteiger charge is -2.08. The van der Waals surface area contributed by atoms with Crippen LogP contribution in [-0.4, -0.2) is 25.8 Å². The van der Waals surface area contributed by atoms with E-state index < -0.39 is 5.82 Å². The van der Waals surface area contributed by atoms with Crippen LogP contribution in [0.15, 0.2) is 47.8 Å². The van der Waals surface area contributed by atoms with Gasteiger partial charge < -0.3 is 5.11 Å². The van der Waals surface area contributed by atoms with Gasteiger partial charge in [0.1, 0.15) is 23.4 Å². The molecule has 128 valence electrons. The monoisotopic (exact) mass is 367 g/mol. The number of aliphatic imine (C=N–C) groups is 1. The second-order valence-electron chi connectivity index (χ2n) is 5.25. The normalized spacial score (nSPS) is 11.2. The molecular weight excluding hydrogens is 357 g/mol. The molecule has 6 nitrogen and oxygen atoms in total. The third kappa shape index (κ3) is 3.50. The zero-order valence-electron chi connectivity index (χ0n) is 13.5. The topological polar surface area (TPSA) is 95.0 Å². The highest BCUT2D eigenvalue weighted by Gasteiger charge is 2.16. The maximum Gasteiger partial charge on any atom is 0.152 e. The summed E-state index contributed by atoms with van der Waals surface area (Å²) < 4.78 is 13.3. The number of pyridine rings is 1. The predicted octanol–water partition coefficient (Wildman–Crippen LogP) is 3.99. The van der Waals surface area contributed by atoms with Crippen molar-refractivity contribution in [3.05, 3.63) is 65.1 Å². The van der Waals surface area contributed by atoms with Crippen molar-refractivity contribution in [2.45, 2.75) is 6.92 Å². The molecule has 0 aliphatic heterocycles. The summed E-state index contributed by atoms with van der Waals surface area (Å²) in [5.41, 5.74) is 1.12. The third-order valence-electron chi connectivity index (χ3n) is 3.48. The zero-order valence-corrected chi connectivity index (χ0v) is 14.2. The predicted molar refractivity (Wildman–Crippen MR) is 94.9 cm³/mol. The van der Waals surface area contributed by atoms with Crippen LogP contribution in [0.2, 0.25) is 5.02 Å². The van der Waals surface area contributed by atoms with Gasteiger partial charge in [-0.3, -0.25) is 4.98 Å². The number of aromatic hydroxyl groups is 1. The molecule has 0 atom stereocenters. The molecule has 1 N–H and O–H groups in total. The maximum atomic E-state index is 13.3. The Kier molecular flexibility index (Phi) is 4.87. The summed E-state index contributed by atoms with van der Waals surface area (Å²) in [6.45, 7) is 1.74. The number of halogens is 2. The Bertz CT molecular complexity index is 1040. The highest BCUT2D eigenvalue weighted by Crippen LogP contribution is 2.30. The van der Waals surface area contributed by atoms with Gasteiger partial charge in [0.05, 0.1) is 16.3 Å². The Hall–Kier alpha value is -3.37. The number of aromatic nitrogens is 3. The smallest absolute Gasteiger partial charge is 0.152 e. The second-order valence-corrected chi connectivity index (χ2v) is 5.65. The van der Waals surface area contributed by atoms with Crippen molar-refractivity contribution < 1.29 is 9.50 Å². The molecule has 26 heavy (non-hydrogen) atoms. The van der Waals surface area contributed by atoms with Crippen LogP contribution in [0.1, 0.15) is 11.4 Å². The lowest BCUT2D eigenvalue weighted by molar-refractivity contribution is 0.474. The van der Waals surface area contributed by atoms with E-state index in [4.69, 9.17) is 11.6 Å². The summed E-state index contributed by atoms with van der Waals surface area (Å²) in [7, 11) is 0. The summed E-state index contributed by atoms with van der Waals surface area (Å²) in [4.78, 5) is 16.4. The zero-order chi connectivity index (χ0) is 18.7. The van der Waals surface area contributed by atoms with Crippen LogP contribution in [0.4, 0.5) is 10.1 Å². The molecule has 0 bridgehead atoms. The lowest BCUT2D eigenvalue weighted by atomic mass is 10.1. The number of aryl methyl sites for hydroxylation is 1. The number of hydrogen-bond donors (Lipinski definition) is 1. The van der Waals surface area contributed by atoms with E-state index in [2.05, 4.69) is 19.9 Å². The first-order valence-corrected chi connectivity index (χ1v) is 7.78. The van der Waals surface area contributed by atoms with Gasteiger partial charge in [-0.25, -0.2) is 19.4 Å². The Balaban J connectivity index is 2.08. The average molecular weight is 368 g/mol. The quantitative estimate of drug-likeness (QED) is 0.706. The maximum absolute atomic E-state index is 13.3. The van der Waals surface area contributed by atoms with Gasteiger partial charge >= 0.3 is 0 Å². The van der Waals surface area contributed by atoms with Crippen LogP contribution >= 0.6 is 11.6 Å². The Morgan fingerprint density at radius 1 is 1.23 bits per heavy atom. The number of nitrogens with zero attached hydrogens (tertiary/aromatic N) is 5. The summed E-state index contributed by atoms with van der Waals surface area (Å²) in [6, 6.07) is 7.21. The van der Waals surface area contributed by atoms with E-state index in [9.17, 15) is 14.8 Å². The van der Waals surface area contributed by atoms with Gasteiger partial charge in [0.15, 0.2) is 11.5 Å². The molecule has 0 saturated carbocycles. The third-order valence-corrected chi connectivity index (χ3v) is 3.77. The van der Waals surface area contributed by atoms with Crippen LogP contribution in [0, 0.1) is 24.1 Å². The van der Waals surface area contributed by atoms with Gasteiger partial charge in [-0.2, -0.15) is 5.26 Å². The molecule has 0 radical (unpaired) electrons. The molecule has 2 heterocycles. The minimum absolute atomic E-state index is 0.0677. The number of hydrogen-bond acceptors (Lipinski definition) is 6. The van der Waals surface area contributed by atoms with Crippen molar-refractivity contribution in [2.24, 2.45) is 4.99 Å². The highest BCUT2D eigenvalue weighted by atomic mass is 35.5. The molecule has 2 aromatic heterocycles. The average Bonchev–Trinajstić information content (AvgIpc) is 2.64. The van der Waals surface area contributed by atoms with Crippen LogP contribution in [0.25, 0.3) is 11.3 Å². The second kappa shape index (κ2) is 7.25. The van der Waals surface area contributed by atoms with E-state index >= 15 is 0 Å². The van der Waals surface area contributed by atoms with Crippen molar-refractivity contribution in [2.75, 3.05) is 0 Å². The molecule has 3 rings (SSSR count).